The summed E-state index contributed by atoms with van der Waals surface area (Å²) in [4.78, 5) is 24.3. The third-order valence-electron chi connectivity index (χ3n) is 4.76. The fourth-order valence-corrected chi connectivity index (χ4v) is 4.18. The van der Waals surface area contributed by atoms with E-state index in [4.69, 9.17) is 9.47 Å². The van der Waals surface area contributed by atoms with Crippen LogP contribution in [0.4, 0.5) is 0 Å². The van der Waals surface area contributed by atoms with Gasteiger partial charge >= 0.3 is 11.9 Å². The van der Waals surface area contributed by atoms with E-state index in [1.807, 2.05) is 6.92 Å². The van der Waals surface area contributed by atoms with Crippen LogP contribution in [0, 0.1) is 23.2 Å². The van der Waals surface area contributed by atoms with Gasteiger partial charge in [-0.25, -0.2) is 0 Å². The van der Waals surface area contributed by atoms with Crippen LogP contribution < -0.4 is 0 Å². The summed E-state index contributed by atoms with van der Waals surface area (Å²) in [5.41, 5.74) is -1.03. The normalized spacial score (nSPS) is 33.5. The van der Waals surface area contributed by atoms with Gasteiger partial charge in [-0.3, -0.25) is 9.59 Å². The van der Waals surface area contributed by atoms with Gasteiger partial charge in [-0.1, -0.05) is 13.3 Å². The number of carbonyl (C=O) groups excluding carboxylic acids is 2. The van der Waals surface area contributed by atoms with Crippen molar-refractivity contribution in [1.82, 2.24) is 0 Å². The maximum absolute atomic E-state index is 12.2. The summed E-state index contributed by atoms with van der Waals surface area (Å²) in [6.07, 6.45) is 3.85. The monoisotopic (exact) mass is 240 g/mol. The molecule has 2 saturated carbocycles. The molecule has 0 radical (unpaired) electrons. The minimum absolute atomic E-state index is 0.0844. The first-order valence-electron chi connectivity index (χ1n) is 6.29. The quantitative estimate of drug-likeness (QED) is 0.557. The molecule has 96 valence electrons. The topological polar surface area (TPSA) is 52.6 Å². The zero-order valence-corrected chi connectivity index (χ0v) is 10.7. The molecule has 0 aromatic carbocycles. The molecule has 2 fully saturated rings. The van der Waals surface area contributed by atoms with Gasteiger partial charge in [0.25, 0.3) is 0 Å². The third-order valence-corrected chi connectivity index (χ3v) is 4.76. The van der Waals surface area contributed by atoms with E-state index in [0.717, 1.165) is 25.7 Å². The lowest BCUT2D eigenvalue weighted by molar-refractivity contribution is -0.178. The molecule has 0 aromatic heterocycles. The van der Waals surface area contributed by atoms with Crippen molar-refractivity contribution < 1.29 is 19.1 Å². The van der Waals surface area contributed by atoms with E-state index >= 15 is 0 Å². The number of hydrogen-bond donors (Lipinski definition) is 0. The molecule has 3 unspecified atom stereocenters. The van der Waals surface area contributed by atoms with Crippen molar-refractivity contribution >= 4 is 11.9 Å². The molecule has 0 heterocycles. The molecule has 0 spiro atoms. The van der Waals surface area contributed by atoms with Crippen molar-refractivity contribution in [2.24, 2.45) is 23.2 Å². The molecule has 2 bridgehead atoms. The van der Waals surface area contributed by atoms with Gasteiger partial charge in [0.2, 0.25) is 0 Å². The molecule has 3 atom stereocenters. The highest BCUT2D eigenvalue weighted by atomic mass is 16.5. The lowest BCUT2D eigenvalue weighted by Crippen LogP contribution is -2.50. The van der Waals surface area contributed by atoms with E-state index in [1.165, 1.54) is 14.2 Å². The summed E-state index contributed by atoms with van der Waals surface area (Å²) < 4.78 is 9.81. The van der Waals surface area contributed by atoms with Crippen LogP contribution in [0.2, 0.25) is 0 Å². The Morgan fingerprint density at radius 2 is 1.76 bits per heavy atom. The number of fused-ring (bicyclic) bond motifs is 2. The Bertz CT molecular complexity index is 320. The van der Waals surface area contributed by atoms with Gasteiger partial charge in [-0.05, 0) is 37.0 Å². The number of carbonyl (C=O) groups is 2. The molecule has 0 aliphatic heterocycles. The molecule has 0 amide bonds. The maximum Gasteiger partial charge on any atom is 0.323 e. The Morgan fingerprint density at radius 1 is 1.18 bits per heavy atom. The molecule has 2 aliphatic carbocycles. The van der Waals surface area contributed by atoms with E-state index in [9.17, 15) is 9.59 Å². The predicted octanol–water partition coefficient (Wildman–Crippen LogP) is 1.77. The van der Waals surface area contributed by atoms with Gasteiger partial charge in [0.1, 0.15) is 0 Å². The minimum atomic E-state index is -1.03. The number of ether oxygens (including phenoxy) is 2. The van der Waals surface area contributed by atoms with E-state index < -0.39 is 17.4 Å². The van der Waals surface area contributed by atoms with Gasteiger partial charge in [0.05, 0.1) is 14.2 Å². The average Bonchev–Trinajstić information content (AvgIpc) is 2.95. The fourth-order valence-electron chi connectivity index (χ4n) is 4.18. The van der Waals surface area contributed by atoms with Crippen molar-refractivity contribution in [2.75, 3.05) is 14.2 Å². The summed E-state index contributed by atoms with van der Waals surface area (Å²) in [6.45, 7) is 2.03. The van der Waals surface area contributed by atoms with Gasteiger partial charge in [0.15, 0.2) is 5.41 Å². The van der Waals surface area contributed by atoms with Gasteiger partial charge in [0, 0.05) is 0 Å². The van der Waals surface area contributed by atoms with Crippen LogP contribution in [-0.2, 0) is 19.1 Å². The predicted molar refractivity (Wildman–Crippen MR) is 61.1 cm³/mol. The van der Waals surface area contributed by atoms with Crippen LogP contribution in [0.3, 0.4) is 0 Å². The maximum atomic E-state index is 12.2. The highest BCUT2D eigenvalue weighted by molar-refractivity contribution is 6.01. The molecule has 4 heteroatoms. The number of hydrogen-bond acceptors (Lipinski definition) is 4. The zero-order chi connectivity index (χ0) is 12.6. The van der Waals surface area contributed by atoms with Gasteiger partial charge < -0.3 is 9.47 Å². The Kier molecular flexibility index (Phi) is 3.15. The summed E-state index contributed by atoms with van der Waals surface area (Å²) in [6, 6.07) is 0. The number of esters is 2. The lowest BCUT2D eigenvalue weighted by Gasteiger charge is -2.38. The highest BCUT2D eigenvalue weighted by Crippen LogP contribution is 2.61. The first-order valence-corrected chi connectivity index (χ1v) is 6.29. The fraction of sp³-hybridized carbons (Fsp3) is 0.846. The van der Waals surface area contributed by atoms with Crippen molar-refractivity contribution in [3.63, 3.8) is 0 Å². The van der Waals surface area contributed by atoms with Crippen LogP contribution >= 0.6 is 0 Å². The molecule has 0 N–H and O–H groups in total. The van der Waals surface area contributed by atoms with Gasteiger partial charge in [-0.2, -0.15) is 0 Å². The third kappa shape index (κ3) is 1.42. The Balaban J connectivity index is 2.45. The molecular weight excluding hydrogens is 220 g/mol. The summed E-state index contributed by atoms with van der Waals surface area (Å²) in [5, 5.41) is 0. The lowest BCUT2D eigenvalue weighted by atomic mass is 9.65. The molecule has 2 aliphatic rings. The molecule has 4 nitrogen and oxygen atoms in total. The average molecular weight is 240 g/mol. The Hall–Kier alpha value is -1.06. The molecule has 17 heavy (non-hydrogen) atoms. The van der Waals surface area contributed by atoms with E-state index in [2.05, 4.69) is 0 Å². The van der Waals surface area contributed by atoms with Crippen molar-refractivity contribution in [3.8, 4) is 0 Å². The standard InChI is InChI=1S/C13H20O4/c1-4-10-8-5-6-9(7-8)13(10,11(14)16-2)12(15)17-3/h8-10H,4-7H2,1-3H3. The van der Waals surface area contributed by atoms with E-state index in [0.29, 0.717) is 5.92 Å². The van der Waals surface area contributed by atoms with Crippen LogP contribution in [0.5, 0.6) is 0 Å². The summed E-state index contributed by atoms with van der Waals surface area (Å²) in [7, 11) is 2.71. The summed E-state index contributed by atoms with van der Waals surface area (Å²) in [5.74, 6) is -0.131. The molecule has 0 saturated heterocycles. The van der Waals surface area contributed by atoms with Crippen molar-refractivity contribution in [1.29, 1.82) is 0 Å². The van der Waals surface area contributed by atoms with Crippen molar-refractivity contribution in [2.45, 2.75) is 32.6 Å². The van der Waals surface area contributed by atoms with E-state index in [-0.39, 0.29) is 11.8 Å². The molecule has 2 rings (SSSR count). The molecular formula is C13H20O4. The number of methoxy groups -OCH3 is 2. The SMILES string of the molecule is CCC1C2CCC(C2)C1(C(=O)OC)C(=O)OC. The second-order valence-electron chi connectivity index (χ2n) is 5.14. The minimum Gasteiger partial charge on any atom is -0.468 e. The van der Waals surface area contributed by atoms with Crippen LogP contribution in [0.25, 0.3) is 0 Å². The smallest absolute Gasteiger partial charge is 0.323 e. The van der Waals surface area contributed by atoms with Crippen LogP contribution in [0.1, 0.15) is 32.6 Å². The first kappa shape index (κ1) is 12.4. The second kappa shape index (κ2) is 4.31. The van der Waals surface area contributed by atoms with Gasteiger partial charge in [-0.15, -0.1) is 0 Å². The Labute approximate surface area is 102 Å². The number of rotatable bonds is 3. The first-order chi connectivity index (χ1) is 8.12. The largest absolute Gasteiger partial charge is 0.468 e. The zero-order valence-electron chi connectivity index (χ0n) is 10.7. The van der Waals surface area contributed by atoms with Crippen LogP contribution in [0.15, 0.2) is 0 Å². The van der Waals surface area contributed by atoms with E-state index in [1.54, 1.807) is 0 Å². The summed E-state index contributed by atoms with van der Waals surface area (Å²) >= 11 is 0. The molecule has 0 aromatic rings. The Morgan fingerprint density at radius 3 is 2.24 bits per heavy atom. The van der Waals surface area contributed by atoms with Crippen LogP contribution in [-0.4, -0.2) is 26.2 Å². The highest BCUT2D eigenvalue weighted by Gasteiger charge is 2.67. The van der Waals surface area contributed by atoms with Crippen molar-refractivity contribution in [3.05, 3.63) is 0 Å². The second-order valence-corrected chi connectivity index (χ2v) is 5.14.